The second-order valence-corrected chi connectivity index (χ2v) is 5.06. The number of rotatable bonds is 4. The van der Waals surface area contributed by atoms with Crippen LogP contribution in [0.1, 0.15) is 21.5 Å². The quantitative estimate of drug-likeness (QED) is 0.688. The third kappa shape index (κ3) is 3.95. The van der Waals surface area contributed by atoms with Crippen LogP contribution in [0, 0.1) is 6.08 Å². The van der Waals surface area contributed by atoms with E-state index in [1.165, 1.54) is 0 Å². The molecule has 111 valence electrons. The van der Waals surface area contributed by atoms with Crippen molar-refractivity contribution in [3.8, 4) is 0 Å². The van der Waals surface area contributed by atoms with Gasteiger partial charge in [0.2, 0.25) is 0 Å². The van der Waals surface area contributed by atoms with Crippen LogP contribution in [-0.2, 0) is 0 Å². The van der Waals surface area contributed by atoms with E-state index in [0.29, 0.717) is 5.56 Å². The number of carbonyl (C=O) groups is 1. The summed E-state index contributed by atoms with van der Waals surface area (Å²) in [6.07, 6.45) is 5.12. The fourth-order valence-electron chi connectivity index (χ4n) is 2.22. The van der Waals surface area contributed by atoms with Gasteiger partial charge in [-0.3, -0.25) is 4.79 Å². The van der Waals surface area contributed by atoms with Gasteiger partial charge in [0, 0.05) is 11.3 Å². The molecule has 23 heavy (non-hydrogen) atoms. The van der Waals surface area contributed by atoms with Crippen molar-refractivity contribution in [2.75, 3.05) is 5.32 Å². The summed E-state index contributed by atoms with van der Waals surface area (Å²) in [6, 6.07) is 26.8. The van der Waals surface area contributed by atoms with E-state index in [1.807, 2.05) is 78.9 Å². The van der Waals surface area contributed by atoms with E-state index in [0.717, 1.165) is 16.8 Å². The van der Waals surface area contributed by atoms with Gasteiger partial charge >= 0.3 is 0 Å². The lowest BCUT2D eigenvalue weighted by molar-refractivity contribution is 0.102. The van der Waals surface area contributed by atoms with Gasteiger partial charge in [0.15, 0.2) is 0 Å². The predicted octanol–water partition coefficient (Wildman–Crippen LogP) is 4.80. The number of amides is 1. The fourth-order valence-corrected chi connectivity index (χ4v) is 2.22. The predicted molar refractivity (Wildman–Crippen MR) is 94.1 cm³/mol. The Morgan fingerprint density at radius 1 is 0.783 bits per heavy atom. The molecule has 0 aliphatic rings. The van der Waals surface area contributed by atoms with Crippen molar-refractivity contribution in [1.82, 2.24) is 0 Å². The summed E-state index contributed by atoms with van der Waals surface area (Å²) in [6.45, 7) is 0. The standard InChI is InChI=1S/C21H16NO/c23-21(19-12-5-2-6-13-19)22-20-14-8-7-11-18(20)16-15-17-9-3-1-4-10-17/h1-14,16H,(H,22,23). The molecular weight excluding hydrogens is 282 g/mol. The molecule has 0 spiro atoms. The topological polar surface area (TPSA) is 29.1 Å². The highest BCUT2D eigenvalue weighted by molar-refractivity contribution is 6.05. The van der Waals surface area contributed by atoms with Crippen LogP contribution in [-0.4, -0.2) is 5.91 Å². The van der Waals surface area contributed by atoms with E-state index in [4.69, 9.17) is 0 Å². The lowest BCUT2D eigenvalue weighted by Crippen LogP contribution is -2.12. The largest absolute Gasteiger partial charge is 0.321 e. The summed E-state index contributed by atoms with van der Waals surface area (Å²) in [7, 11) is 0. The van der Waals surface area contributed by atoms with Crippen molar-refractivity contribution in [1.29, 1.82) is 0 Å². The molecule has 0 fully saturated rings. The Balaban J connectivity index is 1.81. The third-order valence-electron chi connectivity index (χ3n) is 3.41. The Labute approximate surface area is 136 Å². The second kappa shape index (κ2) is 7.23. The monoisotopic (exact) mass is 298 g/mol. The van der Waals surface area contributed by atoms with Gasteiger partial charge in [0.05, 0.1) is 0 Å². The SMILES string of the molecule is O=C(Nc1ccccc1C=[C]c1ccccc1)c1ccccc1. The first-order valence-electron chi connectivity index (χ1n) is 7.43. The molecule has 1 amide bonds. The molecule has 2 heteroatoms. The highest BCUT2D eigenvalue weighted by Crippen LogP contribution is 2.18. The first-order chi connectivity index (χ1) is 11.3. The van der Waals surface area contributed by atoms with Crippen LogP contribution in [0.3, 0.4) is 0 Å². The van der Waals surface area contributed by atoms with Crippen molar-refractivity contribution < 1.29 is 4.79 Å². The highest BCUT2D eigenvalue weighted by Gasteiger charge is 2.07. The first-order valence-corrected chi connectivity index (χ1v) is 7.43. The van der Waals surface area contributed by atoms with E-state index < -0.39 is 0 Å². The summed E-state index contributed by atoms with van der Waals surface area (Å²) in [5, 5.41) is 2.95. The normalized spacial score (nSPS) is 10.6. The van der Waals surface area contributed by atoms with Crippen LogP contribution in [0.5, 0.6) is 0 Å². The van der Waals surface area contributed by atoms with Crippen LogP contribution in [0.2, 0.25) is 0 Å². The molecule has 2 nitrogen and oxygen atoms in total. The number of para-hydroxylation sites is 1. The van der Waals surface area contributed by atoms with Crippen molar-refractivity contribution in [3.63, 3.8) is 0 Å². The molecular formula is C21H16NO. The number of hydrogen-bond acceptors (Lipinski definition) is 1. The zero-order chi connectivity index (χ0) is 15.9. The second-order valence-electron chi connectivity index (χ2n) is 5.06. The number of anilines is 1. The van der Waals surface area contributed by atoms with Gasteiger partial charge in [-0.25, -0.2) is 0 Å². The minimum atomic E-state index is -0.119. The van der Waals surface area contributed by atoms with Crippen molar-refractivity contribution in [2.24, 2.45) is 0 Å². The maximum absolute atomic E-state index is 12.3. The molecule has 1 radical (unpaired) electrons. The summed E-state index contributed by atoms with van der Waals surface area (Å²) in [5.74, 6) is -0.119. The molecule has 0 aliphatic carbocycles. The van der Waals surface area contributed by atoms with Gasteiger partial charge < -0.3 is 5.32 Å². The summed E-state index contributed by atoms with van der Waals surface area (Å²) >= 11 is 0. The van der Waals surface area contributed by atoms with Crippen LogP contribution < -0.4 is 5.32 Å². The molecule has 0 aromatic heterocycles. The van der Waals surface area contributed by atoms with Gasteiger partial charge in [0.25, 0.3) is 5.91 Å². The molecule has 0 saturated carbocycles. The molecule has 0 unspecified atom stereocenters. The van der Waals surface area contributed by atoms with Gasteiger partial charge in [0.1, 0.15) is 0 Å². The van der Waals surface area contributed by atoms with Gasteiger partial charge in [-0.05, 0) is 41.5 Å². The Bertz CT molecular complexity index is 808. The summed E-state index contributed by atoms with van der Waals surface area (Å²) in [5.41, 5.74) is 3.32. The smallest absolute Gasteiger partial charge is 0.255 e. The average Bonchev–Trinajstić information content (AvgIpc) is 2.62. The summed E-state index contributed by atoms with van der Waals surface area (Å²) in [4.78, 5) is 12.3. The van der Waals surface area contributed by atoms with Crippen molar-refractivity contribution >= 4 is 17.7 Å². The van der Waals surface area contributed by atoms with E-state index in [9.17, 15) is 4.79 Å². The number of nitrogens with one attached hydrogen (secondary N) is 1. The van der Waals surface area contributed by atoms with Gasteiger partial charge in [-0.15, -0.1) is 0 Å². The third-order valence-corrected chi connectivity index (χ3v) is 3.41. The molecule has 3 rings (SSSR count). The molecule has 1 N–H and O–H groups in total. The fraction of sp³-hybridized carbons (Fsp3) is 0. The Morgan fingerprint density at radius 2 is 1.39 bits per heavy atom. The van der Waals surface area contributed by atoms with Gasteiger partial charge in [-0.1, -0.05) is 66.7 Å². The molecule has 0 heterocycles. The molecule has 3 aromatic rings. The number of hydrogen-bond donors (Lipinski definition) is 1. The van der Waals surface area contributed by atoms with Gasteiger partial charge in [-0.2, -0.15) is 0 Å². The van der Waals surface area contributed by atoms with Crippen LogP contribution in [0.25, 0.3) is 6.08 Å². The van der Waals surface area contributed by atoms with Crippen molar-refractivity contribution in [2.45, 2.75) is 0 Å². The minimum absolute atomic E-state index is 0.119. The lowest BCUT2D eigenvalue weighted by atomic mass is 10.1. The zero-order valence-electron chi connectivity index (χ0n) is 12.6. The molecule has 3 aromatic carbocycles. The van der Waals surface area contributed by atoms with Crippen molar-refractivity contribution in [3.05, 3.63) is 108 Å². The molecule has 0 saturated heterocycles. The molecule has 0 aliphatic heterocycles. The maximum Gasteiger partial charge on any atom is 0.255 e. The lowest BCUT2D eigenvalue weighted by Gasteiger charge is -2.08. The summed E-state index contributed by atoms with van der Waals surface area (Å²) < 4.78 is 0. The van der Waals surface area contributed by atoms with E-state index in [-0.39, 0.29) is 5.91 Å². The minimum Gasteiger partial charge on any atom is -0.321 e. The van der Waals surface area contributed by atoms with Crippen LogP contribution in [0.4, 0.5) is 5.69 Å². The van der Waals surface area contributed by atoms with E-state index >= 15 is 0 Å². The van der Waals surface area contributed by atoms with E-state index in [1.54, 1.807) is 12.1 Å². The molecule has 0 bridgehead atoms. The van der Waals surface area contributed by atoms with Crippen LogP contribution >= 0.6 is 0 Å². The first kappa shape index (κ1) is 14.8. The maximum atomic E-state index is 12.3. The Hall–Kier alpha value is -3.13. The zero-order valence-corrected chi connectivity index (χ0v) is 12.6. The van der Waals surface area contributed by atoms with Crippen LogP contribution in [0.15, 0.2) is 84.9 Å². The Kier molecular flexibility index (Phi) is 4.65. The highest BCUT2D eigenvalue weighted by atomic mass is 16.1. The number of benzene rings is 3. The Morgan fingerprint density at radius 3 is 2.13 bits per heavy atom. The average molecular weight is 298 g/mol. The number of carbonyl (C=O) groups excluding carboxylic acids is 1. The molecule has 0 atom stereocenters. The van der Waals surface area contributed by atoms with E-state index in [2.05, 4.69) is 11.4 Å².